The Balaban J connectivity index is 1.15. The van der Waals surface area contributed by atoms with Gasteiger partial charge in [-0.25, -0.2) is 0 Å². The first kappa shape index (κ1) is 34.3. The summed E-state index contributed by atoms with van der Waals surface area (Å²) in [5.41, 5.74) is 14.3. The number of hydrogen-bond acceptors (Lipinski definition) is 3. The van der Waals surface area contributed by atoms with Gasteiger partial charge in [0.15, 0.2) is 0 Å². The quantitative estimate of drug-likeness (QED) is 0.145. The van der Waals surface area contributed by atoms with Crippen LogP contribution in [0.2, 0.25) is 0 Å². The average Bonchev–Trinajstić information content (AvgIpc) is 3.85. The Bertz CT molecular complexity index is 2840. The summed E-state index contributed by atoms with van der Waals surface area (Å²) in [6, 6.07) is 65.9. The minimum Gasteiger partial charge on any atom is -0.367 e. The Morgan fingerprint density at radius 2 is 1.09 bits per heavy atom. The molecule has 7 aromatic carbocycles. The van der Waals surface area contributed by atoms with Gasteiger partial charge in [-0.05, 0) is 110 Å². The topological polar surface area (TPSA) is 24.3 Å². The van der Waals surface area contributed by atoms with Crippen molar-refractivity contribution in [2.75, 3.05) is 11.9 Å². The lowest BCUT2D eigenvalue weighted by Gasteiger charge is -2.29. The maximum Gasteiger partial charge on any atom is 0.0644 e. The van der Waals surface area contributed by atoms with E-state index in [1.165, 1.54) is 72.0 Å². The predicted octanol–water partition coefficient (Wildman–Crippen LogP) is 13.6. The number of anilines is 3. The van der Waals surface area contributed by atoms with Crippen molar-refractivity contribution in [3.8, 4) is 33.6 Å². The SMILES string of the molecule is CN1C(c2ccccc2)=CCC1c1c2ccccc2c(-c2ccc(-c3ccccc3)n2C)c2ccc(-c3ccc(N(c4ccccc4)c4cccnc4)cc3)cc12. The molecule has 4 nitrogen and oxygen atoms in total. The molecule has 1 aliphatic rings. The molecule has 0 spiro atoms. The van der Waals surface area contributed by atoms with Gasteiger partial charge < -0.3 is 14.4 Å². The van der Waals surface area contributed by atoms with E-state index in [-0.39, 0.29) is 6.04 Å². The molecule has 274 valence electrons. The molecular weight excluding hydrogens is 693 g/mol. The van der Waals surface area contributed by atoms with Crippen LogP contribution in [0.5, 0.6) is 0 Å². The summed E-state index contributed by atoms with van der Waals surface area (Å²) in [7, 11) is 4.46. The number of pyridine rings is 1. The van der Waals surface area contributed by atoms with E-state index in [1.54, 1.807) is 0 Å². The Morgan fingerprint density at radius 3 is 1.81 bits per heavy atom. The number of nitrogens with zero attached hydrogens (tertiary/aromatic N) is 4. The Kier molecular flexibility index (Phi) is 8.72. The molecule has 10 rings (SSSR count). The van der Waals surface area contributed by atoms with Gasteiger partial charge in [-0.3, -0.25) is 4.98 Å². The van der Waals surface area contributed by atoms with Crippen molar-refractivity contribution >= 4 is 44.3 Å². The largest absolute Gasteiger partial charge is 0.367 e. The second kappa shape index (κ2) is 14.5. The van der Waals surface area contributed by atoms with Crippen molar-refractivity contribution in [1.82, 2.24) is 14.5 Å². The van der Waals surface area contributed by atoms with Gasteiger partial charge >= 0.3 is 0 Å². The van der Waals surface area contributed by atoms with E-state index in [4.69, 9.17) is 0 Å². The predicted molar refractivity (Wildman–Crippen MR) is 239 cm³/mol. The van der Waals surface area contributed by atoms with Gasteiger partial charge in [-0.2, -0.15) is 0 Å². The number of fused-ring (bicyclic) bond motifs is 2. The van der Waals surface area contributed by atoms with Gasteiger partial charge in [0.25, 0.3) is 0 Å². The van der Waals surface area contributed by atoms with Gasteiger partial charge in [0.2, 0.25) is 0 Å². The maximum atomic E-state index is 4.44. The zero-order valence-corrected chi connectivity index (χ0v) is 32.1. The molecule has 1 aliphatic heterocycles. The molecule has 0 N–H and O–H groups in total. The standard InChI is InChI=1S/C53H42N4/c1-55-48(38-15-6-3-7-16-38)30-32-50(55)52-44-22-12-13-23-45(44)53(51-33-31-49(56(51)2)39-17-8-4-9-18-39)47-35-40(26-29-46(47)52)37-24-27-42(28-25-37)57(41-19-10-5-11-20-41)43-21-14-34-54-36-43/h3-32,34-36,51H,33H2,1-2H3. The van der Waals surface area contributed by atoms with E-state index in [2.05, 4.69) is 215 Å². The van der Waals surface area contributed by atoms with Gasteiger partial charge in [0.05, 0.1) is 17.9 Å². The van der Waals surface area contributed by atoms with Gasteiger partial charge in [0.1, 0.15) is 0 Å². The van der Waals surface area contributed by atoms with Crippen LogP contribution in [-0.2, 0) is 7.05 Å². The van der Waals surface area contributed by atoms with E-state index >= 15 is 0 Å². The highest BCUT2D eigenvalue weighted by Gasteiger charge is 2.30. The van der Waals surface area contributed by atoms with Crippen LogP contribution in [-0.4, -0.2) is 21.5 Å². The first-order chi connectivity index (χ1) is 28.1. The molecule has 57 heavy (non-hydrogen) atoms. The molecule has 2 aromatic heterocycles. The number of para-hydroxylation sites is 1. The zero-order valence-electron chi connectivity index (χ0n) is 32.1. The maximum absolute atomic E-state index is 4.44. The zero-order chi connectivity index (χ0) is 38.3. The Morgan fingerprint density at radius 1 is 0.491 bits per heavy atom. The van der Waals surface area contributed by atoms with E-state index in [0.717, 1.165) is 23.5 Å². The summed E-state index contributed by atoms with van der Waals surface area (Å²) in [6.45, 7) is 0. The molecule has 4 heteroatoms. The highest BCUT2D eigenvalue weighted by molar-refractivity contribution is 6.16. The third-order valence-corrected chi connectivity index (χ3v) is 11.7. The number of hydrogen-bond donors (Lipinski definition) is 0. The first-order valence-corrected chi connectivity index (χ1v) is 19.7. The monoisotopic (exact) mass is 734 g/mol. The van der Waals surface area contributed by atoms with Crippen LogP contribution in [0.15, 0.2) is 200 Å². The normalized spacial score (nSPS) is 14.0. The fraction of sp³-hybridized carbons (Fsp3) is 0.0755. The molecular formula is C53H42N4. The molecule has 0 amide bonds. The van der Waals surface area contributed by atoms with Crippen LogP contribution in [0.4, 0.5) is 17.1 Å². The van der Waals surface area contributed by atoms with Gasteiger partial charge in [-0.1, -0.05) is 133 Å². The van der Waals surface area contributed by atoms with E-state index in [1.807, 2.05) is 18.5 Å². The minimum atomic E-state index is 0.173. The third-order valence-electron chi connectivity index (χ3n) is 11.7. The van der Waals surface area contributed by atoms with Crippen molar-refractivity contribution in [3.63, 3.8) is 0 Å². The lowest BCUT2D eigenvalue weighted by Crippen LogP contribution is -2.19. The molecule has 9 aromatic rings. The summed E-state index contributed by atoms with van der Waals surface area (Å²) in [6.07, 6.45) is 7.09. The first-order valence-electron chi connectivity index (χ1n) is 19.7. The molecule has 1 unspecified atom stereocenters. The second-order valence-corrected chi connectivity index (χ2v) is 14.9. The van der Waals surface area contributed by atoms with Crippen LogP contribution in [0.3, 0.4) is 0 Å². The molecule has 3 heterocycles. The van der Waals surface area contributed by atoms with Crippen LogP contribution >= 0.6 is 0 Å². The van der Waals surface area contributed by atoms with Gasteiger partial charge in [-0.15, -0.1) is 0 Å². The molecule has 0 aliphatic carbocycles. The molecule has 0 radical (unpaired) electrons. The highest BCUT2D eigenvalue weighted by atomic mass is 15.2. The summed E-state index contributed by atoms with van der Waals surface area (Å²) in [5, 5.41) is 5.12. The van der Waals surface area contributed by atoms with Crippen molar-refractivity contribution in [3.05, 3.63) is 212 Å². The molecule has 1 atom stereocenters. The number of benzene rings is 7. The van der Waals surface area contributed by atoms with Crippen molar-refractivity contribution in [1.29, 1.82) is 0 Å². The fourth-order valence-corrected chi connectivity index (χ4v) is 8.94. The summed E-state index contributed by atoms with van der Waals surface area (Å²) < 4.78 is 2.36. The van der Waals surface area contributed by atoms with Crippen LogP contribution in [0, 0.1) is 0 Å². The molecule has 0 fully saturated rings. The Labute approximate surface area is 334 Å². The van der Waals surface area contributed by atoms with Crippen molar-refractivity contribution in [2.45, 2.75) is 12.5 Å². The van der Waals surface area contributed by atoms with E-state index in [9.17, 15) is 0 Å². The van der Waals surface area contributed by atoms with Crippen LogP contribution < -0.4 is 4.90 Å². The third kappa shape index (κ3) is 6.07. The summed E-state index contributed by atoms with van der Waals surface area (Å²) in [5.74, 6) is 0. The molecule has 0 saturated heterocycles. The molecule has 0 bridgehead atoms. The lowest BCUT2D eigenvalue weighted by molar-refractivity contribution is 0.388. The number of aromatic nitrogens is 2. The second-order valence-electron chi connectivity index (χ2n) is 14.9. The van der Waals surface area contributed by atoms with Crippen LogP contribution in [0.25, 0.3) is 60.9 Å². The minimum absolute atomic E-state index is 0.173. The smallest absolute Gasteiger partial charge is 0.0644 e. The fourth-order valence-electron chi connectivity index (χ4n) is 8.94. The van der Waals surface area contributed by atoms with Crippen molar-refractivity contribution in [2.24, 2.45) is 7.05 Å². The summed E-state index contributed by atoms with van der Waals surface area (Å²) >= 11 is 0. The van der Waals surface area contributed by atoms with Gasteiger partial charge in [0, 0.05) is 54.3 Å². The summed E-state index contributed by atoms with van der Waals surface area (Å²) in [4.78, 5) is 9.19. The van der Waals surface area contributed by atoms with E-state index in [0.29, 0.717) is 0 Å². The highest BCUT2D eigenvalue weighted by Crippen LogP contribution is 2.48. The molecule has 0 saturated carbocycles. The van der Waals surface area contributed by atoms with Crippen molar-refractivity contribution < 1.29 is 0 Å². The lowest BCUT2D eigenvalue weighted by atomic mass is 9.85. The average molecular weight is 735 g/mol. The Hall–Kier alpha value is -7.17. The van der Waals surface area contributed by atoms with E-state index < -0.39 is 0 Å². The number of rotatable bonds is 8. The van der Waals surface area contributed by atoms with Crippen LogP contribution in [0.1, 0.15) is 23.6 Å².